The smallest absolute Gasteiger partial charge is 0.390 e. The van der Waals surface area contributed by atoms with E-state index in [2.05, 4.69) is 5.32 Å². The van der Waals surface area contributed by atoms with E-state index < -0.39 is 12.6 Å². The fraction of sp³-hybridized carbons (Fsp3) is 0.538. The summed E-state index contributed by atoms with van der Waals surface area (Å²) in [5.74, 6) is 1.37. The van der Waals surface area contributed by atoms with E-state index in [1.807, 2.05) is 0 Å². The number of benzene rings is 1. The average molecular weight is 293 g/mol. The van der Waals surface area contributed by atoms with E-state index in [9.17, 15) is 13.2 Å². The highest BCUT2D eigenvalue weighted by Crippen LogP contribution is 2.39. The molecule has 0 amide bonds. The van der Waals surface area contributed by atoms with Crippen molar-refractivity contribution in [3.8, 4) is 17.2 Å². The molecule has 1 N–H and O–H groups in total. The summed E-state index contributed by atoms with van der Waals surface area (Å²) in [4.78, 5) is 0. The first kappa shape index (κ1) is 16.4. The van der Waals surface area contributed by atoms with Gasteiger partial charge in [-0.25, -0.2) is 0 Å². The van der Waals surface area contributed by atoms with Crippen LogP contribution in [-0.4, -0.2) is 34.1 Å². The topological polar surface area (TPSA) is 39.7 Å². The summed E-state index contributed by atoms with van der Waals surface area (Å²) in [6.07, 6.45) is -5.03. The number of hydrogen-bond acceptors (Lipinski definition) is 4. The molecule has 0 aliphatic carbocycles. The molecular formula is C13H18F3NO3. The second-order valence-electron chi connectivity index (χ2n) is 4.04. The zero-order valence-electron chi connectivity index (χ0n) is 11.6. The van der Waals surface area contributed by atoms with Crippen LogP contribution in [0.25, 0.3) is 0 Å². The van der Waals surface area contributed by atoms with Crippen LogP contribution in [0.1, 0.15) is 12.0 Å². The molecule has 0 bridgehead atoms. The third-order valence-corrected chi connectivity index (χ3v) is 2.69. The van der Waals surface area contributed by atoms with Crippen molar-refractivity contribution < 1.29 is 27.4 Å². The van der Waals surface area contributed by atoms with Crippen LogP contribution in [0, 0.1) is 0 Å². The minimum Gasteiger partial charge on any atom is -0.493 e. The highest BCUT2D eigenvalue weighted by atomic mass is 19.4. The Morgan fingerprint density at radius 1 is 1.00 bits per heavy atom. The standard InChI is InChI=1S/C13H18F3NO3/c1-18-10-5-4-9(11(19-2)12(10)20-3)8-17-7-6-13(14,15)16/h4-5,17H,6-8H2,1-3H3. The van der Waals surface area contributed by atoms with Crippen LogP contribution in [0.4, 0.5) is 13.2 Å². The second kappa shape index (κ2) is 7.23. The van der Waals surface area contributed by atoms with E-state index in [1.165, 1.54) is 21.3 Å². The predicted octanol–water partition coefficient (Wildman–Crippen LogP) is 2.75. The minimum atomic E-state index is -4.16. The SMILES string of the molecule is COc1ccc(CNCCC(F)(F)F)c(OC)c1OC. The average Bonchev–Trinajstić information content (AvgIpc) is 2.41. The van der Waals surface area contributed by atoms with Crippen LogP contribution in [0.3, 0.4) is 0 Å². The van der Waals surface area contributed by atoms with Gasteiger partial charge in [-0.15, -0.1) is 0 Å². The monoisotopic (exact) mass is 293 g/mol. The minimum absolute atomic E-state index is 0.152. The second-order valence-corrected chi connectivity index (χ2v) is 4.04. The van der Waals surface area contributed by atoms with Gasteiger partial charge in [0.1, 0.15) is 0 Å². The zero-order valence-corrected chi connectivity index (χ0v) is 11.6. The Labute approximate surface area is 115 Å². The molecule has 0 aromatic heterocycles. The van der Waals surface area contributed by atoms with Gasteiger partial charge in [-0.05, 0) is 6.07 Å². The van der Waals surface area contributed by atoms with Crippen LogP contribution in [0.15, 0.2) is 12.1 Å². The molecule has 0 spiro atoms. The van der Waals surface area contributed by atoms with Gasteiger partial charge in [0.2, 0.25) is 5.75 Å². The van der Waals surface area contributed by atoms with Crippen molar-refractivity contribution in [3.05, 3.63) is 17.7 Å². The van der Waals surface area contributed by atoms with Gasteiger partial charge >= 0.3 is 6.18 Å². The normalized spacial score (nSPS) is 11.3. The van der Waals surface area contributed by atoms with Gasteiger partial charge in [0.25, 0.3) is 0 Å². The Morgan fingerprint density at radius 2 is 1.65 bits per heavy atom. The maximum absolute atomic E-state index is 12.0. The number of hydrogen-bond donors (Lipinski definition) is 1. The van der Waals surface area contributed by atoms with Crippen LogP contribution >= 0.6 is 0 Å². The molecule has 0 unspecified atom stereocenters. The molecule has 0 fully saturated rings. The van der Waals surface area contributed by atoms with Gasteiger partial charge in [0, 0.05) is 18.7 Å². The number of ether oxygens (including phenoxy) is 3. The number of methoxy groups -OCH3 is 3. The molecule has 20 heavy (non-hydrogen) atoms. The van der Waals surface area contributed by atoms with Gasteiger partial charge in [-0.1, -0.05) is 6.07 Å². The molecule has 0 aliphatic rings. The Balaban J connectivity index is 2.75. The van der Waals surface area contributed by atoms with E-state index in [0.29, 0.717) is 22.8 Å². The molecule has 1 aromatic carbocycles. The highest BCUT2D eigenvalue weighted by Gasteiger charge is 2.26. The molecule has 0 atom stereocenters. The summed E-state index contributed by atoms with van der Waals surface area (Å²) in [6, 6.07) is 3.41. The summed E-state index contributed by atoms with van der Waals surface area (Å²) in [5, 5.41) is 2.73. The molecule has 0 heterocycles. The van der Waals surface area contributed by atoms with Gasteiger partial charge in [0.05, 0.1) is 27.8 Å². The van der Waals surface area contributed by atoms with E-state index in [-0.39, 0.29) is 13.1 Å². The number of rotatable bonds is 7. The third kappa shape index (κ3) is 4.48. The quantitative estimate of drug-likeness (QED) is 0.785. The van der Waals surface area contributed by atoms with E-state index in [1.54, 1.807) is 12.1 Å². The first-order valence-corrected chi connectivity index (χ1v) is 5.98. The first-order valence-electron chi connectivity index (χ1n) is 5.98. The van der Waals surface area contributed by atoms with Gasteiger partial charge in [-0.2, -0.15) is 13.2 Å². The highest BCUT2D eigenvalue weighted by molar-refractivity contribution is 5.55. The van der Waals surface area contributed by atoms with Gasteiger partial charge in [-0.3, -0.25) is 0 Å². The van der Waals surface area contributed by atoms with Crippen LogP contribution < -0.4 is 19.5 Å². The summed E-state index contributed by atoms with van der Waals surface area (Å²) >= 11 is 0. The summed E-state index contributed by atoms with van der Waals surface area (Å²) in [5.41, 5.74) is 0.701. The summed E-state index contributed by atoms with van der Waals surface area (Å²) in [6.45, 7) is 0.0978. The molecule has 4 nitrogen and oxygen atoms in total. The molecule has 7 heteroatoms. The maximum atomic E-state index is 12.0. The lowest BCUT2D eigenvalue weighted by Crippen LogP contribution is -2.21. The molecule has 0 aliphatic heterocycles. The maximum Gasteiger partial charge on any atom is 0.390 e. The summed E-state index contributed by atoms with van der Waals surface area (Å²) in [7, 11) is 4.44. The predicted molar refractivity (Wildman–Crippen MR) is 68.5 cm³/mol. The van der Waals surface area contributed by atoms with Crippen molar-refractivity contribution in [2.45, 2.75) is 19.1 Å². The molecule has 1 rings (SSSR count). The molecule has 0 saturated carbocycles. The Kier molecular flexibility index (Phi) is 5.94. The van der Waals surface area contributed by atoms with Crippen molar-refractivity contribution in [2.24, 2.45) is 0 Å². The van der Waals surface area contributed by atoms with Crippen molar-refractivity contribution in [1.29, 1.82) is 0 Å². The molecular weight excluding hydrogens is 275 g/mol. The van der Waals surface area contributed by atoms with Crippen LogP contribution in [-0.2, 0) is 6.54 Å². The Bertz CT molecular complexity index is 436. The largest absolute Gasteiger partial charge is 0.493 e. The lowest BCUT2D eigenvalue weighted by atomic mass is 10.1. The van der Waals surface area contributed by atoms with Crippen molar-refractivity contribution in [2.75, 3.05) is 27.9 Å². The Hall–Kier alpha value is -1.63. The number of alkyl halides is 3. The third-order valence-electron chi connectivity index (χ3n) is 2.69. The fourth-order valence-corrected chi connectivity index (χ4v) is 1.76. The molecule has 0 saturated heterocycles. The number of nitrogens with one attached hydrogen (secondary N) is 1. The Morgan fingerprint density at radius 3 is 2.15 bits per heavy atom. The zero-order chi connectivity index (χ0) is 15.2. The van der Waals surface area contributed by atoms with E-state index >= 15 is 0 Å². The van der Waals surface area contributed by atoms with Crippen LogP contribution in [0.2, 0.25) is 0 Å². The van der Waals surface area contributed by atoms with Crippen molar-refractivity contribution >= 4 is 0 Å². The van der Waals surface area contributed by atoms with E-state index in [4.69, 9.17) is 14.2 Å². The van der Waals surface area contributed by atoms with Gasteiger partial charge in [0.15, 0.2) is 11.5 Å². The fourth-order valence-electron chi connectivity index (χ4n) is 1.76. The lowest BCUT2D eigenvalue weighted by Gasteiger charge is -2.16. The van der Waals surface area contributed by atoms with Crippen LogP contribution in [0.5, 0.6) is 17.2 Å². The van der Waals surface area contributed by atoms with Crippen molar-refractivity contribution in [1.82, 2.24) is 5.32 Å². The van der Waals surface area contributed by atoms with Gasteiger partial charge < -0.3 is 19.5 Å². The molecule has 0 radical (unpaired) electrons. The van der Waals surface area contributed by atoms with E-state index in [0.717, 1.165) is 0 Å². The first-order chi connectivity index (χ1) is 9.42. The lowest BCUT2D eigenvalue weighted by molar-refractivity contribution is -0.133. The number of halogens is 3. The molecule has 1 aromatic rings. The summed E-state index contributed by atoms with van der Waals surface area (Å²) < 4.78 is 51.7. The molecule has 114 valence electrons. The van der Waals surface area contributed by atoms with Crippen molar-refractivity contribution in [3.63, 3.8) is 0 Å².